The Morgan fingerprint density at radius 1 is 1.26 bits per heavy atom. The van der Waals surface area contributed by atoms with Crippen molar-refractivity contribution in [3.05, 3.63) is 51.1 Å². The van der Waals surface area contributed by atoms with E-state index >= 15 is 0 Å². The van der Waals surface area contributed by atoms with E-state index in [4.69, 9.17) is 27.9 Å². The number of benzene rings is 1. The Kier molecular flexibility index (Phi) is 5.08. The van der Waals surface area contributed by atoms with E-state index < -0.39 is 0 Å². The molecule has 0 unspecified atom stereocenters. The van der Waals surface area contributed by atoms with Gasteiger partial charge in [-0.2, -0.15) is 0 Å². The summed E-state index contributed by atoms with van der Waals surface area (Å²) in [5.41, 5.74) is 1.92. The summed E-state index contributed by atoms with van der Waals surface area (Å²) in [7, 11) is 0. The lowest BCUT2D eigenvalue weighted by atomic mass is 10.2. The molecule has 0 spiro atoms. The number of alkyl halides is 1. The first-order valence-corrected chi connectivity index (χ1v) is 7.51. The molecule has 0 fully saturated rings. The van der Waals surface area contributed by atoms with E-state index in [1.165, 1.54) is 0 Å². The molecule has 0 aliphatic carbocycles. The minimum atomic E-state index is 0.429. The lowest BCUT2D eigenvalue weighted by molar-refractivity contribution is 0.460. The first-order chi connectivity index (χ1) is 9.12. The highest BCUT2D eigenvalue weighted by atomic mass is 79.9. The fourth-order valence-electron chi connectivity index (χ4n) is 1.60. The van der Waals surface area contributed by atoms with Crippen LogP contribution in [-0.2, 0) is 12.3 Å². The lowest BCUT2D eigenvalue weighted by Crippen LogP contribution is -1.95. The zero-order valence-electron chi connectivity index (χ0n) is 10.3. The maximum Gasteiger partial charge on any atom is 0.219 e. The standard InChI is InChI=1S/C14H12BrCl2NO/c1-2-11-5-9(8-16)6-14(18-11)19-13-7-10(15)3-4-12(13)17/h3-7H,2,8H2,1H3. The van der Waals surface area contributed by atoms with Crippen molar-refractivity contribution in [3.8, 4) is 11.6 Å². The molecule has 100 valence electrons. The fourth-order valence-corrected chi connectivity index (χ4v) is 2.25. The molecule has 0 N–H and O–H groups in total. The zero-order valence-corrected chi connectivity index (χ0v) is 13.4. The van der Waals surface area contributed by atoms with Gasteiger partial charge in [-0.1, -0.05) is 34.5 Å². The second kappa shape index (κ2) is 6.60. The molecule has 5 heteroatoms. The van der Waals surface area contributed by atoms with Crippen molar-refractivity contribution in [2.75, 3.05) is 0 Å². The van der Waals surface area contributed by atoms with Crippen LogP contribution in [0.1, 0.15) is 18.2 Å². The fraction of sp³-hybridized carbons (Fsp3) is 0.214. The maximum absolute atomic E-state index is 6.09. The highest BCUT2D eigenvalue weighted by molar-refractivity contribution is 9.10. The smallest absolute Gasteiger partial charge is 0.219 e. The molecule has 0 amide bonds. The average Bonchev–Trinajstić information content (AvgIpc) is 2.42. The quantitative estimate of drug-likeness (QED) is 0.663. The summed E-state index contributed by atoms with van der Waals surface area (Å²) >= 11 is 15.3. The number of hydrogen-bond donors (Lipinski definition) is 0. The van der Waals surface area contributed by atoms with Crippen LogP contribution in [0.15, 0.2) is 34.8 Å². The molecule has 1 heterocycles. The highest BCUT2D eigenvalue weighted by Gasteiger charge is 2.07. The van der Waals surface area contributed by atoms with Gasteiger partial charge in [0.1, 0.15) is 5.75 Å². The molecular weight excluding hydrogens is 349 g/mol. The van der Waals surface area contributed by atoms with E-state index in [-0.39, 0.29) is 0 Å². The number of rotatable bonds is 4. The van der Waals surface area contributed by atoms with Crippen molar-refractivity contribution in [2.24, 2.45) is 0 Å². The number of nitrogens with zero attached hydrogens (tertiary/aromatic N) is 1. The van der Waals surface area contributed by atoms with E-state index in [0.717, 1.165) is 22.2 Å². The van der Waals surface area contributed by atoms with Gasteiger partial charge in [-0.15, -0.1) is 11.6 Å². The number of aryl methyl sites for hydroxylation is 1. The van der Waals surface area contributed by atoms with Crippen molar-refractivity contribution in [1.82, 2.24) is 4.98 Å². The third-order valence-corrected chi connectivity index (χ3v) is 3.65. The van der Waals surface area contributed by atoms with E-state index in [1.807, 2.05) is 31.2 Å². The van der Waals surface area contributed by atoms with Gasteiger partial charge in [0.05, 0.1) is 5.02 Å². The van der Waals surface area contributed by atoms with Gasteiger partial charge in [0.2, 0.25) is 5.88 Å². The van der Waals surface area contributed by atoms with Crippen LogP contribution in [-0.4, -0.2) is 4.98 Å². The van der Waals surface area contributed by atoms with Gasteiger partial charge in [-0.3, -0.25) is 0 Å². The first-order valence-electron chi connectivity index (χ1n) is 5.81. The number of ether oxygens (including phenoxy) is 1. The van der Waals surface area contributed by atoms with Gasteiger partial charge in [0, 0.05) is 22.1 Å². The Labute approximate surface area is 130 Å². The number of halogens is 3. The van der Waals surface area contributed by atoms with E-state index in [1.54, 1.807) is 6.07 Å². The summed E-state index contributed by atoms with van der Waals surface area (Å²) in [6, 6.07) is 9.23. The Morgan fingerprint density at radius 3 is 2.74 bits per heavy atom. The summed E-state index contributed by atoms with van der Waals surface area (Å²) in [4.78, 5) is 4.41. The summed E-state index contributed by atoms with van der Waals surface area (Å²) in [6.45, 7) is 2.04. The number of aromatic nitrogens is 1. The van der Waals surface area contributed by atoms with Gasteiger partial charge >= 0.3 is 0 Å². The first kappa shape index (κ1) is 14.6. The van der Waals surface area contributed by atoms with Crippen molar-refractivity contribution in [2.45, 2.75) is 19.2 Å². The van der Waals surface area contributed by atoms with Crippen LogP contribution in [0, 0.1) is 0 Å². The van der Waals surface area contributed by atoms with Crippen molar-refractivity contribution in [1.29, 1.82) is 0 Å². The zero-order chi connectivity index (χ0) is 13.8. The maximum atomic E-state index is 6.09. The van der Waals surface area contributed by atoms with Gasteiger partial charge < -0.3 is 4.74 Å². The normalized spacial score (nSPS) is 10.5. The van der Waals surface area contributed by atoms with E-state index in [9.17, 15) is 0 Å². The molecule has 0 aliphatic heterocycles. The van der Waals surface area contributed by atoms with Crippen LogP contribution < -0.4 is 4.74 Å². The summed E-state index contributed by atoms with van der Waals surface area (Å²) in [6.07, 6.45) is 0.827. The molecule has 2 nitrogen and oxygen atoms in total. The minimum Gasteiger partial charge on any atom is -0.437 e. The molecule has 0 saturated carbocycles. The Balaban J connectivity index is 2.34. The molecule has 0 bridgehead atoms. The third kappa shape index (κ3) is 3.85. The van der Waals surface area contributed by atoms with Crippen molar-refractivity contribution < 1.29 is 4.74 Å². The van der Waals surface area contributed by atoms with E-state index in [2.05, 4.69) is 20.9 Å². The lowest BCUT2D eigenvalue weighted by Gasteiger charge is -2.09. The average molecular weight is 361 g/mol. The molecule has 0 saturated heterocycles. The van der Waals surface area contributed by atoms with Crippen molar-refractivity contribution >= 4 is 39.1 Å². The largest absolute Gasteiger partial charge is 0.437 e. The number of hydrogen-bond acceptors (Lipinski definition) is 2. The minimum absolute atomic E-state index is 0.429. The Morgan fingerprint density at radius 2 is 2.05 bits per heavy atom. The SMILES string of the molecule is CCc1cc(CCl)cc(Oc2cc(Br)ccc2Cl)n1. The van der Waals surface area contributed by atoms with E-state index in [0.29, 0.717) is 22.5 Å². The molecule has 19 heavy (non-hydrogen) atoms. The second-order valence-corrected chi connectivity index (χ2v) is 5.56. The summed E-state index contributed by atoms with van der Waals surface area (Å²) in [5, 5.41) is 0.541. The molecule has 0 aliphatic rings. The molecular formula is C14H12BrCl2NO. The Bertz CT molecular complexity index is 567. The second-order valence-electron chi connectivity index (χ2n) is 3.97. The van der Waals surface area contributed by atoms with Crippen LogP contribution in [0.3, 0.4) is 0 Å². The van der Waals surface area contributed by atoms with Crippen LogP contribution in [0.5, 0.6) is 11.6 Å². The third-order valence-electron chi connectivity index (χ3n) is 2.54. The van der Waals surface area contributed by atoms with Gasteiger partial charge in [-0.25, -0.2) is 4.98 Å². The molecule has 2 aromatic rings. The Hall–Kier alpha value is -0.770. The monoisotopic (exact) mass is 359 g/mol. The van der Waals surface area contributed by atoms with Gasteiger partial charge in [0.15, 0.2) is 0 Å². The predicted octanol–water partition coefficient (Wildman–Crippen LogP) is 5.59. The number of pyridine rings is 1. The van der Waals surface area contributed by atoms with Crippen LogP contribution >= 0.6 is 39.1 Å². The predicted molar refractivity (Wildman–Crippen MR) is 82.4 cm³/mol. The molecule has 0 radical (unpaired) electrons. The molecule has 1 aromatic heterocycles. The van der Waals surface area contributed by atoms with Crippen LogP contribution in [0.4, 0.5) is 0 Å². The highest BCUT2D eigenvalue weighted by Crippen LogP contribution is 2.31. The van der Waals surface area contributed by atoms with Crippen LogP contribution in [0.2, 0.25) is 5.02 Å². The summed E-state index contributed by atoms with van der Waals surface area (Å²) in [5.74, 6) is 1.50. The van der Waals surface area contributed by atoms with Gasteiger partial charge in [-0.05, 0) is 36.2 Å². The van der Waals surface area contributed by atoms with Crippen LogP contribution in [0.25, 0.3) is 0 Å². The summed E-state index contributed by atoms with van der Waals surface area (Å²) < 4.78 is 6.64. The van der Waals surface area contributed by atoms with Gasteiger partial charge in [0.25, 0.3) is 0 Å². The molecule has 0 atom stereocenters. The molecule has 2 rings (SSSR count). The van der Waals surface area contributed by atoms with Crippen molar-refractivity contribution in [3.63, 3.8) is 0 Å². The molecule has 1 aromatic carbocycles. The topological polar surface area (TPSA) is 22.1 Å².